The molecule has 4 heteroatoms. The van der Waals surface area contributed by atoms with E-state index in [0.29, 0.717) is 0 Å². The van der Waals surface area contributed by atoms with E-state index in [1.54, 1.807) is 12.4 Å². The highest BCUT2D eigenvalue weighted by atomic mass is 16.5. The molecule has 2 heterocycles. The molecular weight excluding hydrogens is 178 g/mol. The highest BCUT2D eigenvalue weighted by molar-refractivity contribution is 5.78. The van der Waals surface area contributed by atoms with E-state index in [1.165, 1.54) is 0 Å². The highest BCUT2D eigenvalue weighted by Gasteiger charge is 2.05. The molecular formula is C10H13N3O. The quantitative estimate of drug-likeness (QED) is 0.647. The number of hydrazone groups is 1. The topological polar surface area (TPSA) is 37.7 Å². The summed E-state index contributed by atoms with van der Waals surface area (Å²) in [6.45, 7) is 3.28. The Bertz CT molecular complexity index is 293. The molecule has 0 aromatic carbocycles. The van der Waals surface area contributed by atoms with Gasteiger partial charge in [-0.2, -0.15) is 5.10 Å². The average Bonchev–Trinajstić information content (AvgIpc) is 2.29. The van der Waals surface area contributed by atoms with Crippen molar-refractivity contribution in [2.45, 2.75) is 0 Å². The van der Waals surface area contributed by atoms with Crippen molar-refractivity contribution >= 4 is 6.21 Å². The molecule has 1 aliphatic heterocycles. The van der Waals surface area contributed by atoms with Crippen LogP contribution in [0.25, 0.3) is 0 Å². The van der Waals surface area contributed by atoms with Crippen LogP contribution in [0.4, 0.5) is 0 Å². The van der Waals surface area contributed by atoms with Crippen LogP contribution in [0.2, 0.25) is 0 Å². The van der Waals surface area contributed by atoms with Crippen molar-refractivity contribution in [3.63, 3.8) is 0 Å². The van der Waals surface area contributed by atoms with Gasteiger partial charge in [0.25, 0.3) is 0 Å². The summed E-state index contributed by atoms with van der Waals surface area (Å²) < 4.78 is 5.22. The Hall–Kier alpha value is -1.42. The van der Waals surface area contributed by atoms with Gasteiger partial charge >= 0.3 is 0 Å². The van der Waals surface area contributed by atoms with Crippen LogP contribution in [0, 0.1) is 0 Å². The molecule has 0 aliphatic carbocycles. The number of morpholine rings is 1. The highest BCUT2D eigenvalue weighted by Crippen LogP contribution is 1.98. The van der Waals surface area contributed by atoms with Crippen molar-refractivity contribution in [2.75, 3.05) is 26.3 Å². The van der Waals surface area contributed by atoms with Gasteiger partial charge in [-0.1, -0.05) is 6.07 Å². The molecule has 0 amide bonds. The Labute approximate surface area is 83.2 Å². The second-order valence-corrected chi connectivity index (χ2v) is 3.10. The summed E-state index contributed by atoms with van der Waals surface area (Å²) in [4.78, 5) is 4.01. The third-order valence-electron chi connectivity index (χ3n) is 2.04. The van der Waals surface area contributed by atoms with Crippen LogP contribution < -0.4 is 0 Å². The van der Waals surface area contributed by atoms with Gasteiger partial charge in [-0.15, -0.1) is 0 Å². The standard InChI is InChI=1S/C10H13N3O/c1-2-10(8-11-3-1)9-12-13-4-6-14-7-5-13/h1-3,8-9H,4-7H2. The summed E-state index contributed by atoms with van der Waals surface area (Å²) in [7, 11) is 0. The fraction of sp³-hybridized carbons (Fsp3) is 0.400. The predicted octanol–water partition coefficient (Wildman–Crippen LogP) is 0.748. The van der Waals surface area contributed by atoms with Crippen LogP contribution >= 0.6 is 0 Å². The van der Waals surface area contributed by atoms with Crippen molar-refractivity contribution in [1.29, 1.82) is 0 Å². The second-order valence-electron chi connectivity index (χ2n) is 3.10. The van der Waals surface area contributed by atoms with Gasteiger partial charge in [0.1, 0.15) is 0 Å². The van der Waals surface area contributed by atoms with Gasteiger partial charge in [-0.05, 0) is 6.07 Å². The number of pyridine rings is 1. The molecule has 0 unspecified atom stereocenters. The lowest BCUT2D eigenvalue weighted by Gasteiger charge is -2.23. The van der Waals surface area contributed by atoms with E-state index in [1.807, 2.05) is 23.4 Å². The lowest BCUT2D eigenvalue weighted by molar-refractivity contribution is 0.0397. The van der Waals surface area contributed by atoms with Crippen LogP contribution in [-0.2, 0) is 4.74 Å². The first-order valence-electron chi connectivity index (χ1n) is 4.72. The molecule has 1 aliphatic rings. The molecule has 2 rings (SSSR count). The van der Waals surface area contributed by atoms with E-state index in [4.69, 9.17) is 4.74 Å². The summed E-state index contributed by atoms with van der Waals surface area (Å²) in [6.07, 6.45) is 5.38. The third kappa shape index (κ3) is 2.53. The summed E-state index contributed by atoms with van der Waals surface area (Å²) in [5.74, 6) is 0. The normalized spacial score (nSPS) is 17.6. The van der Waals surface area contributed by atoms with Gasteiger partial charge in [0.2, 0.25) is 0 Å². The van der Waals surface area contributed by atoms with Gasteiger partial charge in [0.15, 0.2) is 0 Å². The van der Waals surface area contributed by atoms with E-state index in [9.17, 15) is 0 Å². The molecule has 14 heavy (non-hydrogen) atoms. The summed E-state index contributed by atoms with van der Waals surface area (Å²) in [5.41, 5.74) is 1.03. The SMILES string of the molecule is C(=NN1CCOCC1)c1cccnc1. The minimum atomic E-state index is 0.768. The zero-order chi connectivity index (χ0) is 9.64. The summed E-state index contributed by atoms with van der Waals surface area (Å²) in [6, 6.07) is 3.89. The number of hydrogen-bond donors (Lipinski definition) is 0. The maximum atomic E-state index is 5.22. The minimum absolute atomic E-state index is 0.768. The molecule has 0 spiro atoms. The van der Waals surface area contributed by atoms with E-state index < -0.39 is 0 Å². The van der Waals surface area contributed by atoms with E-state index >= 15 is 0 Å². The Morgan fingerprint density at radius 1 is 1.43 bits per heavy atom. The van der Waals surface area contributed by atoms with E-state index in [0.717, 1.165) is 31.9 Å². The Morgan fingerprint density at radius 2 is 2.29 bits per heavy atom. The maximum Gasteiger partial charge on any atom is 0.0659 e. The van der Waals surface area contributed by atoms with Crippen molar-refractivity contribution in [3.05, 3.63) is 30.1 Å². The van der Waals surface area contributed by atoms with Crippen molar-refractivity contribution in [2.24, 2.45) is 5.10 Å². The largest absolute Gasteiger partial charge is 0.378 e. The monoisotopic (exact) mass is 191 g/mol. The Kier molecular flexibility index (Phi) is 3.08. The molecule has 1 fully saturated rings. The molecule has 0 radical (unpaired) electrons. The number of ether oxygens (including phenoxy) is 1. The summed E-state index contributed by atoms with van der Waals surface area (Å²) in [5, 5.41) is 6.35. The molecule has 4 nitrogen and oxygen atoms in total. The van der Waals surface area contributed by atoms with Crippen molar-refractivity contribution in [3.8, 4) is 0 Å². The molecule has 0 saturated carbocycles. The average molecular weight is 191 g/mol. The summed E-state index contributed by atoms with van der Waals surface area (Å²) >= 11 is 0. The van der Waals surface area contributed by atoms with Gasteiger partial charge < -0.3 is 4.74 Å². The van der Waals surface area contributed by atoms with E-state index in [2.05, 4.69) is 10.1 Å². The molecule has 0 N–H and O–H groups in total. The minimum Gasteiger partial charge on any atom is -0.378 e. The van der Waals surface area contributed by atoms with Crippen LogP contribution in [0.5, 0.6) is 0 Å². The number of nitrogens with zero attached hydrogens (tertiary/aromatic N) is 3. The molecule has 1 aromatic rings. The fourth-order valence-corrected chi connectivity index (χ4v) is 1.27. The van der Waals surface area contributed by atoms with Crippen molar-refractivity contribution < 1.29 is 4.74 Å². The number of rotatable bonds is 2. The lowest BCUT2D eigenvalue weighted by atomic mass is 10.3. The van der Waals surface area contributed by atoms with Crippen LogP contribution in [0.1, 0.15) is 5.56 Å². The Morgan fingerprint density at radius 3 is 3.00 bits per heavy atom. The van der Waals surface area contributed by atoms with Gasteiger partial charge in [-0.25, -0.2) is 0 Å². The van der Waals surface area contributed by atoms with Crippen LogP contribution in [0.15, 0.2) is 29.6 Å². The van der Waals surface area contributed by atoms with Crippen LogP contribution in [-0.4, -0.2) is 42.5 Å². The molecule has 1 saturated heterocycles. The smallest absolute Gasteiger partial charge is 0.0659 e. The second kappa shape index (κ2) is 4.72. The fourth-order valence-electron chi connectivity index (χ4n) is 1.27. The van der Waals surface area contributed by atoms with Gasteiger partial charge in [0, 0.05) is 18.0 Å². The Balaban J connectivity index is 1.93. The van der Waals surface area contributed by atoms with Crippen molar-refractivity contribution in [1.82, 2.24) is 9.99 Å². The van der Waals surface area contributed by atoms with E-state index in [-0.39, 0.29) is 0 Å². The van der Waals surface area contributed by atoms with Crippen LogP contribution in [0.3, 0.4) is 0 Å². The first-order valence-corrected chi connectivity index (χ1v) is 4.72. The van der Waals surface area contributed by atoms with Gasteiger partial charge in [0.05, 0.1) is 32.5 Å². The number of hydrogen-bond acceptors (Lipinski definition) is 4. The third-order valence-corrected chi connectivity index (χ3v) is 2.04. The molecule has 1 aromatic heterocycles. The maximum absolute atomic E-state index is 5.22. The molecule has 0 bridgehead atoms. The van der Waals surface area contributed by atoms with Gasteiger partial charge in [-0.3, -0.25) is 9.99 Å². The lowest BCUT2D eigenvalue weighted by Crippen LogP contribution is -2.32. The zero-order valence-electron chi connectivity index (χ0n) is 7.97. The first kappa shape index (κ1) is 9.15. The predicted molar refractivity (Wildman–Crippen MR) is 54.2 cm³/mol. The zero-order valence-corrected chi connectivity index (χ0v) is 7.97. The molecule has 0 atom stereocenters. The molecule has 74 valence electrons. The number of aromatic nitrogens is 1. The first-order chi connectivity index (χ1) is 6.95.